The second-order valence-corrected chi connectivity index (χ2v) is 8.12. The molecule has 2 aromatic carbocycles. The Labute approximate surface area is 158 Å². The Balaban J connectivity index is 2.16. The number of amides is 1. The van der Waals surface area contributed by atoms with Crippen LogP contribution in [0.4, 0.5) is 0 Å². The van der Waals surface area contributed by atoms with Gasteiger partial charge in [0, 0.05) is 10.0 Å². The van der Waals surface area contributed by atoms with E-state index in [1.807, 2.05) is 13.0 Å². The lowest BCUT2D eigenvalue weighted by molar-refractivity contribution is 0.0833. The average molecular weight is 438 g/mol. The third-order valence-electron chi connectivity index (χ3n) is 2.91. The maximum atomic E-state index is 12.3. The van der Waals surface area contributed by atoms with Crippen molar-refractivity contribution in [2.75, 3.05) is 0 Å². The molecule has 0 aliphatic carbocycles. The SMILES string of the molecule is Cc1cccc(C(=O)N[C@@H](Oc2ccc(Br)cc2)C(Cl)(Cl)Cl)c1. The van der Waals surface area contributed by atoms with Crippen LogP contribution in [0.25, 0.3) is 0 Å². The fraction of sp³-hybridized carbons (Fsp3) is 0.188. The van der Waals surface area contributed by atoms with Gasteiger partial charge in [-0.1, -0.05) is 68.4 Å². The van der Waals surface area contributed by atoms with E-state index in [1.54, 1.807) is 42.5 Å². The van der Waals surface area contributed by atoms with Crippen molar-refractivity contribution in [3.8, 4) is 5.75 Å². The lowest BCUT2D eigenvalue weighted by Gasteiger charge is -2.26. The van der Waals surface area contributed by atoms with E-state index in [0.29, 0.717) is 11.3 Å². The van der Waals surface area contributed by atoms with Crippen molar-refractivity contribution in [2.24, 2.45) is 0 Å². The van der Waals surface area contributed by atoms with Crippen molar-refractivity contribution in [1.82, 2.24) is 5.32 Å². The molecule has 0 radical (unpaired) electrons. The third kappa shape index (κ3) is 5.57. The smallest absolute Gasteiger partial charge is 0.254 e. The van der Waals surface area contributed by atoms with Gasteiger partial charge in [0.1, 0.15) is 5.75 Å². The van der Waals surface area contributed by atoms with E-state index in [0.717, 1.165) is 10.0 Å². The highest BCUT2D eigenvalue weighted by Crippen LogP contribution is 2.32. The highest BCUT2D eigenvalue weighted by Gasteiger charge is 2.36. The molecule has 0 aromatic heterocycles. The van der Waals surface area contributed by atoms with Crippen LogP contribution in [0.2, 0.25) is 0 Å². The first-order chi connectivity index (χ1) is 10.8. The van der Waals surface area contributed by atoms with Gasteiger partial charge in [-0.2, -0.15) is 0 Å². The summed E-state index contributed by atoms with van der Waals surface area (Å²) in [6.45, 7) is 1.89. The zero-order chi connectivity index (χ0) is 17.0. The zero-order valence-corrected chi connectivity index (χ0v) is 15.9. The fourth-order valence-electron chi connectivity index (χ4n) is 1.82. The highest BCUT2D eigenvalue weighted by molar-refractivity contribution is 9.10. The predicted octanol–water partition coefficient (Wildman–Crippen LogP) is 5.26. The van der Waals surface area contributed by atoms with Crippen LogP contribution in [0.5, 0.6) is 5.75 Å². The van der Waals surface area contributed by atoms with Crippen molar-refractivity contribution in [1.29, 1.82) is 0 Å². The first-order valence-electron chi connectivity index (χ1n) is 6.62. The molecule has 0 unspecified atom stereocenters. The minimum atomic E-state index is -1.83. The molecule has 1 N–H and O–H groups in total. The van der Waals surface area contributed by atoms with Crippen LogP contribution >= 0.6 is 50.7 Å². The Bertz CT molecular complexity index is 686. The molecule has 2 rings (SSSR count). The summed E-state index contributed by atoms with van der Waals surface area (Å²) in [6, 6.07) is 14.1. The number of nitrogens with one attached hydrogen (secondary N) is 1. The summed E-state index contributed by atoms with van der Waals surface area (Å²) in [7, 11) is 0. The second kappa shape index (κ2) is 7.75. The molecule has 2 aromatic rings. The average Bonchev–Trinajstić information content (AvgIpc) is 2.47. The molecule has 7 heteroatoms. The topological polar surface area (TPSA) is 38.3 Å². The van der Waals surface area contributed by atoms with Crippen molar-refractivity contribution in [2.45, 2.75) is 16.9 Å². The quantitative estimate of drug-likeness (QED) is 0.523. The van der Waals surface area contributed by atoms with Gasteiger partial charge < -0.3 is 10.1 Å². The molecule has 0 bridgehead atoms. The van der Waals surface area contributed by atoms with Gasteiger partial charge >= 0.3 is 0 Å². The molecule has 0 saturated heterocycles. The van der Waals surface area contributed by atoms with Gasteiger partial charge in [-0.15, -0.1) is 0 Å². The van der Waals surface area contributed by atoms with E-state index in [4.69, 9.17) is 39.5 Å². The molecular weight excluding hydrogens is 424 g/mol. The Hall–Kier alpha value is -0.940. The molecule has 122 valence electrons. The molecule has 0 spiro atoms. The lowest BCUT2D eigenvalue weighted by atomic mass is 10.1. The molecule has 0 heterocycles. The first kappa shape index (κ1) is 18.4. The van der Waals surface area contributed by atoms with Crippen LogP contribution in [0.15, 0.2) is 53.0 Å². The predicted molar refractivity (Wildman–Crippen MR) is 97.5 cm³/mol. The van der Waals surface area contributed by atoms with E-state index in [9.17, 15) is 4.79 Å². The van der Waals surface area contributed by atoms with E-state index in [2.05, 4.69) is 21.2 Å². The van der Waals surface area contributed by atoms with Crippen molar-refractivity contribution < 1.29 is 9.53 Å². The standard InChI is InChI=1S/C16H13BrCl3NO2/c1-10-3-2-4-11(9-10)14(22)21-15(16(18,19)20)23-13-7-5-12(17)6-8-13/h2-9,15H,1H3,(H,21,22)/t15-/m0/s1. The van der Waals surface area contributed by atoms with Gasteiger partial charge in [-0.3, -0.25) is 4.79 Å². The molecule has 3 nitrogen and oxygen atoms in total. The van der Waals surface area contributed by atoms with Crippen LogP contribution in [0.1, 0.15) is 15.9 Å². The maximum Gasteiger partial charge on any atom is 0.254 e. The van der Waals surface area contributed by atoms with Crippen LogP contribution in [-0.2, 0) is 0 Å². The van der Waals surface area contributed by atoms with Gasteiger partial charge in [-0.05, 0) is 43.3 Å². The van der Waals surface area contributed by atoms with E-state index in [-0.39, 0.29) is 5.91 Å². The number of carbonyl (C=O) groups is 1. The van der Waals surface area contributed by atoms with Crippen molar-refractivity contribution >= 4 is 56.6 Å². The van der Waals surface area contributed by atoms with Gasteiger partial charge in [0.15, 0.2) is 0 Å². The number of hydrogen-bond donors (Lipinski definition) is 1. The lowest BCUT2D eigenvalue weighted by Crippen LogP contribution is -2.47. The number of aryl methyl sites for hydroxylation is 1. The molecule has 0 saturated carbocycles. The number of halogens is 4. The Morgan fingerprint density at radius 1 is 1.17 bits per heavy atom. The fourth-order valence-corrected chi connectivity index (χ4v) is 2.38. The summed E-state index contributed by atoms with van der Waals surface area (Å²) >= 11 is 21.1. The van der Waals surface area contributed by atoms with Crippen molar-refractivity contribution in [3.63, 3.8) is 0 Å². The Morgan fingerprint density at radius 2 is 1.83 bits per heavy atom. The van der Waals surface area contributed by atoms with Gasteiger partial charge in [0.25, 0.3) is 5.91 Å². The van der Waals surface area contributed by atoms with Crippen LogP contribution < -0.4 is 10.1 Å². The normalized spacial score (nSPS) is 12.6. The first-order valence-corrected chi connectivity index (χ1v) is 8.55. The van der Waals surface area contributed by atoms with E-state index >= 15 is 0 Å². The molecule has 0 fully saturated rings. The number of hydrogen-bond acceptors (Lipinski definition) is 2. The van der Waals surface area contributed by atoms with Crippen LogP contribution in [-0.4, -0.2) is 15.9 Å². The third-order valence-corrected chi connectivity index (χ3v) is 4.03. The zero-order valence-electron chi connectivity index (χ0n) is 12.0. The van der Waals surface area contributed by atoms with E-state index in [1.165, 1.54) is 0 Å². The highest BCUT2D eigenvalue weighted by atomic mass is 79.9. The summed E-state index contributed by atoms with van der Waals surface area (Å²) in [6.07, 6.45) is -1.14. The van der Waals surface area contributed by atoms with Gasteiger partial charge in [0.05, 0.1) is 0 Å². The largest absolute Gasteiger partial charge is 0.466 e. The maximum absolute atomic E-state index is 12.3. The minimum Gasteiger partial charge on any atom is -0.466 e. The van der Waals surface area contributed by atoms with E-state index < -0.39 is 10.0 Å². The molecular formula is C16H13BrCl3NO2. The summed E-state index contributed by atoms with van der Waals surface area (Å²) in [5.41, 5.74) is 1.42. The number of rotatable bonds is 4. The summed E-state index contributed by atoms with van der Waals surface area (Å²) in [5, 5.41) is 2.59. The van der Waals surface area contributed by atoms with Gasteiger partial charge in [-0.25, -0.2) is 0 Å². The number of carbonyl (C=O) groups excluding carboxylic acids is 1. The molecule has 1 atom stereocenters. The summed E-state index contributed by atoms with van der Waals surface area (Å²) in [4.78, 5) is 12.3. The molecule has 0 aliphatic heterocycles. The van der Waals surface area contributed by atoms with Crippen molar-refractivity contribution in [3.05, 3.63) is 64.1 Å². The van der Waals surface area contributed by atoms with Crippen LogP contribution in [0.3, 0.4) is 0 Å². The Morgan fingerprint density at radius 3 is 2.39 bits per heavy atom. The molecule has 1 amide bonds. The number of benzene rings is 2. The monoisotopic (exact) mass is 435 g/mol. The minimum absolute atomic E-state index is 0.387. The summed E-state index contributed by atoms with van der Waals surface area (Å²) < 4.78 is 4.67. The molecule has 0 aliphatic rings. The van der Waals surface area contributed by atoms with Gasteiger partial charge in [0.2, 0.25) is 10.0 Å². The Kier molecular flexibility index (Phi) is 6.20. The second-order valence-electron chi connectivity index (χ2n) is 4.84. The molecule has 23 heavy (non-hydrogen) atoms. The number of ether oxygens (including phenoxy) is 1. The summed E-state index contributed by atoms with van der Waals surface area (Å²) in [5.74, 6) is 0.0798. The van der Waals surface area contributed by atoms with Crippen LogP contribution in [0, 0.1) is 6.92 Å². The number of alkyl halides is 3.